The Morgan fingerprint density at radius 1 is 1.11 bits per heavy atom. The zero-order valence-electron chi connectivity index (χ0n) is 9.90. The minimum Gasteiger partial charge on any atom is -0.380 e. The number of nitrogens with zero attached hydrogens (tertiary/aromatic N) is 1. The van der Waals surface area contributed by atoms with Crippen molar-refractivity contribution in [3.05, 3.63) is 35.4 Å². The molecule has 0 bridgehead atoms. The molecule has 0 saturated carbocycles. The average Bonchev–Trinajstić information content (AvgIpc) is 2.68. The SMILES string of the molecule is COCc1ccccc1CN=C1NC(=O)C(=O)N1. The molecule has 1 heterocycles. The van der Waals surface area contributed by atoms with Crippen molar-refractivity contribution in [2.75, 3.05) is 7.11 Å². The second kappa shape index (κ2) is 5.42. The van der Waals surface area contributed by atoms with Crippen molar-refractivity contribution in [2.45, 2.75) is 13.2 Å². The summed E-state index contributed by atoms with van der Waals surface area (Å²) in [4.78, 5) is 26.0. The van der Waals surface area contributed by atoms with Crippen LogP contribution in [0.25, 0.3) is 0 Å². The minimum absolute atomic E-state index is 0.192. The lowest BCUT2D eigenvalue weighted by Crippen LogP contribution is -2.25. The Kier molecular flexibility index (Phi) is 3.69. The molecule has 1 aromatic rings. The number of rotatable bonds is 4. The number of ether oxygens (including phenoxy) is 1. The van der Waals surface area contributed by atoms with Crippen molar-refractivity contribution < 1.29 is 14.3 Å². The van der Waals surface area contributed by atoms with Crippen LogP contribution in [0.15, 0.2) is 29.3 Å². The maximum Gasteiger partial charge on any atom is 0.316 e. The van der Waals surface area contributed by atoms with Gasteiger partial charge in [-0.2, -0.15) is 0 Å². The molecule has 0 unspecified atom stereocenters. The van der Waals surface area contributed by atoms with Gasteiger partial charge in [0.25, 0.3) is 0 Å². The first-order chi connectivity index (χ1) is 8.70. The number of benzene rings is 1. The highest BCUT2D eigenvalue weighted by Gasteiger charge is 2.24. The number of hydrogen-bond donors (Lipinski definition) is 2. The van der Waals surface area contributed by atoms with Gasteiger partial charge in [0.05, 0.1) is 13.2 Å². The van der Waals surface area contributed by atoms with Gasteiger partial charge in [0.15, 0.2) is 0 Å². The number of carbonyl (C=O) groups is 2. The van der Waals surface area contributed by atoms with Crippen LogP contribution in [0.5, 0.6) is 0 Å². The van der Waals surface area contributed by atoms with Crippen LogP contribution in [0, 0.1) is 0 Å². The summed E-state index contributed by atoms with van der Waals surface area (Å²) in [5, 5.41) is 4.69. The van der Waals surface area contributed by atoms with Gasteiger partial charge >= 0.3 is 11.8 Å². The van der Waals surface area contributed by atoms with Crippen LogP contribution in [0.4, 0.5) is 0 Å². The maximum absolute atomic E-state index is 10.9. The van der Waals surface area contributed by atoms with Crippen molar-refractivity contribution in [1.29, 1.82) is 0 Å². The van der Waals surface area contributed by atoms with Gasteiger partial charge in [0.1, 0.15) is 0 Å². The predicted molar refractivity (Wildman–Crippen MR) is 64.6 cm³/mol. The Balaban J connectivity index is 2.08. The fourth-order valence-electron chi connectivity index (χ4n) is 1.61. The second-order valence-corrected chi connectivity index (χ2v) is 3.77. The first-order valence-electron chi connectivity index (χ1n) is 5.43. The van der Waals surface area contributed by atoms with Crippen molar-refractivity contribution in [1.82, 2.24) is 10.6 Å². The van der Waals surface area contributed by atoms with E-state index in [1.165, 1.54) is 0 Å². The summed E-state index contributed by atoms with van der Waals surface area (Å²) in [5.74, 6) is -1.17. The van der Waals surface area contributed by atoms with E-state index in [4.69, 9.17) is 4.74 Å². The highest BCUT2D eigenvalue weighted by Crippen LogP contribution is 2.11. The molecular weight excluding hydrogens is 234 g/mol. The molecule has 1 aliphatic heterocycles. The zero-order chi connectivity index (χ0) is 13.0. The van der Waals surface area contributed by atoms with Gasteiger partial charge in [-0.05, 0) is 11.1 Å². The van der Waals surface area contributed by atoms with Gasteiger partial charge in [-0.1, -0.05) is 24.3 Å². The number of carbonyl (C=O) groups excluding carboxylic acids is 2. The van der Waals surface area contributed by atoms with Crippen LogP contribution in [0.3, 0.4) is 0 Å². The fraction of sp³-hybridized carbons (Fsp3) is 0.250. The van der Waals surface area contributed by atoms with Crippen LogP contribution < -0.4 is 10.6 Å². The number of guanidine groups is 1. The highest BCUT2D eigenvalue weighted by atomic mass is 16.5. The van der Waals surface area contributed by atoms with E-state index < -0.39 is 11.8 Å². The molecule has 6 nitrogen and oxygen atoms in total. The summed E-state index contributed by atoms with van der Waals surface area (Å²) in [7, 11) is 1.63. The van der Waals surface area contributed by atoms with Gasteiger partial charge in [-0.15, -0.1) is 0 Å². The van der Waals surface area contributed by atoms with Crippen LogP contribution >= 0.6 is 0 Å². The van der Waals surface area contributed by atoms with E-state index >= 15 is 0 Å². The lowest BCUT2D eigenvalue weighted by Gasteiger charge is -2.06. The van der Waals surface area contributed by atoms with Crippen molar-refractivity contribution >= 4 is 17.8 Å². The molecule has 6 heteroatoms. The predicted octanol–water partition coefficient (Wildman–Crippen LogP) is -0.0650. The fourth-order valence-corrected chi connectivity index (χ4v) is 1.61. The normalized spacial score (nSPS) is 14.4. The third kappa shape index (κ3) is 2.72. The van der Waals surface area contributed by atoms with Crippen LogP contribution in [-0.2, 0) is 27.5 Å². The summed E-state index contributed by atoms with van der Waals surface area (Å²) >= 11 is 0. The molecule has 1 aliphatic rings. The summed E-state index contributed by atoms with van der Waals surface area (Å²) in [6.45, 7) is 0.870. The number of amides is 2. The van der Waals surface area contributed by atoms with E-state index in [1.54, 1.807) is 7.11 Å². The van der Waals surface area contributed by atoms with Gasteiger partial charge in [-0.3, -0.25) is 20.2 Å². The first kappa shape index (κ1) is 12.3. The van der Waals surface area contributed by atoms with Crippen LogP contribution in [0.2, 0.25) is 0 Å². The monoisotopic (exact) mass is 247 g/mol. The topological polar surface area (TPSA) is 79.8 Å². The van der Waals surface area contributed by atoms with Gasteiger partial charge in [0, 0.05) is 7.11 Å². The molecule has 18 heavy (non-hydrogen) atoms. The molecule has 1 saturated heterocycles. The summed E-state index contributed by atoms with van der Waals surface area (Å²) in [6.07, 6.45) is 0. The quantitative estimate of drug-likeness (QED) is 0.731. The lowest BCUT2D eigenvalue weighted by atomic mass is 10.1. The number of aliphatic imine (C=N–C) groups is 1. The largest absolute Gasteiger partial charge is 0.380 e. The molecule has 0 aliphatic carbocycles. The molecule has 2 rings (SSSR count). The summed E-state index contributed by atoms with van der Waals surface area (Å²) in [5.41, 5.74) is 2.02. The van der Waals surface area contributed by atoms with E-state index in [0.717, 1.165) is 11.1 Å². The molecule has 2 N–H and O–H groups in total. The molecule has 0 radical (unpaired) electrons. The third-order valence-electron chi connectivity index (χ3n) is 2.50. The van der Waals surface area contributed by atoms with Gasteiger partial charge in [-0.25, -0.2) is 4.99 Å². The molecule has 1 aromatic carbocycles. The van der Waals surface area contributed by atoms with E-state index in [0.29, 0.717) is 13.2 Å². The highest BCUT2D eigenvalue weighted by molar-refractivity contribution is 6.45. The number of methoxy groups -OCH3 is 1. The Morgan fingerprint density at radius 3 is 2.33 bits per heavy atom. The molecule has 2 amide bonds. The van der Waals surface area contributed by atoms with Crippen LogP contribution in [0.1, 0.15) is 11.1 Å². The van der Waals surface area contributed by atoms with E-state index in [9.17, 15) is 9.59 Å². The Hall–Kier alpha value is -2.21. The minimum atomic E-state index is -0.682. The Morgan fingerprint density at radius 2 is 1.72 bits per heavy atom. The van der Waals surface area contributed by atoms with E-state index in [-0.39, 0.29) is 5.96 Å². The summed E-state index contributed by atoms with van der Waals surface area (Å²) < 4.78 is 5.09. The molecular formula is C12H13N3O3. The molecule has 0 aromatic heterocycles. The van der Waals surface area contributed by atoms with Crippen molar-refractivity contribution in [2.24, 2.45) is 4.99 Å². The lowest BCUT2D eigenvalue weighted by molar-refractivity contribution is -0.135. The van der Waals surface area contributed by atoms with Crippen LogP contribution in [-0.4, -0.2) is 24.9 Å². The summed E-state index contributed by atoms with van der Waals surface area (Å²) in [6, 6.07) is 7.70. The van der Waals surface area contributed by atoms with Crippen molar-refractivity contribution in [3.8, 4) is 0 Å². The first-order valence-corrected chi connectivity index (χ1v) is 5.43. The Labute approximate surface area is 104 Å². The third-order valence-corrected chi connectivity index (χ3v) is 2.50. The maximum atomic E-state index is 10.9. The second-order valence-electron chi connectivity index (χ2n) is 3.77. The molecule has 94 valence electrons. The zero-order valence-corrected chi connectivity index (χ0v) is 9.90. The standard InChI is InChI=1S/C12H13N3O3/c1-18-7-9-5-3-2-4-8(9)6-13-12-14-10(16)11(17)15-12/h2-5H,6-7H2,1H3,(H2,13,14,15,16,17). The van der Waals surface area contributed by atoms with E-state index in [1.807, 2.05) is 24.3 Å². The van der Waals surface area contributed by atoms with Gasteiger partial charge in [0.2, 0.25) is 5.96 Å². The van der Waals surface area contributed by atoms with Crippen molar-refractivity contribution in [3.63, 3.8) is 0 Å². The van der Waals surface area contributed by atoms with Gasteiger partial charge < -0.3 is 4.74 Å². The number of nitrogens with one attached hydrogen (secondary N) is 2. The number of hydrogen-bond acceptors (Lipinski definition) is 4. The van der Waals surface area contributed by atoms with E-state index in [2.05, 4.69) is 15.6 Å². The molecule has 1 fully saturated rings. The average molecular weight is 247 g/mol. The smallest absolute Gasteiger partial charge is 0.316 e. The Bertz CT molecular complexity index is 493. The molecule has 0 spiro atoms. The molecule has 0 atom stereocenters.